The van der Waals surface area contributed by atoms with E-state index in [1.807, 2.05) is 16.8 Å². The zero-order valence-corrected chi connectivity index (χ0v) is 18.7. The quantitative estimate of drug-likeness (QED) is 0.289. The van der Waals surface area contributed by atoms with Gasteiger partial charge in [0.15, 0.2) is 5.75 Å². The van der Waals surface area contributed by atoms with Crippen LogP contribution in [0.2, 0.25) is 15.1 Å². The summed E-state index contributed by atoms with van der Waals surface area (Å²) in [5, 5.41) is 15.2. The summed E-state index contributed by atoms with van der Waals surface area (Å²) in [4.78, 5) is 12.5. The van der Waals surface area contributed by atoms with Crippen LogP contribution in [0.1, 0.15) is 25.1 Å². The Kier molecular flexibility index (Phi) is 9.87. The largest absolute Gasteiger partial charge is 0.454 e. The predicted molar refractivity (Wildman–Crippen MR) is 118 cm³/mol. The third kappa shape index (κ3) is 7.91. The van der Waals surface area contributed by atoms with Crippen molar-refractivity contribution >= 4 is 34.8 Å². The lowest BCUT2D eigenvalue weighted by Crippen LogP contribution is -2.15. The van der Waals surface area contributed by atoms with Gasteiger partial charge < -0.3 is 19.2 Å². The molecular weight excluding hydrogens is 469 g/mol. The first-order valence-corrected chi connectivity index (χ1v) is 10.3. The molecule has 2 aromatic carbocycles. The predicted octanol–water partition coefficient (Wildman–Crippen LogP) is 6.46. The number of hydrogen-bond acceptors (Lipinski definition) is 5. The zero-order chi connectivity index (χ0) is 22.8. The summed E-state index contributed by atoms with van der Waals surface area (Å²) >= 11 is 18.9. The summed E-state index contributed by atoms with van der Waals surface area (Å²) in [5.41, 5.74) is 0.875. The molecule has 1 N–H and O–H groups in total. The van der Waals surface area contributed by atoms with Gasteiger partial charge in [-0.05, 0) is 42.3 Å². The standard InChI is InChI=1S/C20H19Cl3N2O2.HNO3/c1-2-11-26-18(25-10-9-24-13-25)12-14-3-8-17(22)20(19(14)23)27-16-6-4-15(21)5-7-16;2-1(3)4/h3-10,13,18H,2,11-12H2,1H3;(H,2,3,4). The number of imidazole rings is 1. The summed E-state index contributed by atoms with van der Waals surface area (Å²) in [5.74, 6) is 1.02. The molecule has 11 heteroatoms. The number of aromatic nitrogens is 2. The second-order valence-electron chi connectivity index (χ2n) is 6.18. The van der Waals surface area contributed by atoms with Gasteiger partial charge >= 0.3 is 0 Å². The molecule has 0 saturated carbocycles. The molecule has 0 aliphatic carbocycles. The highest BCUT2D eigenvalue weighted by Crippen LogP contribution is 2.40. The lowest BCUT2D eigenvalue weighted by molar-refractivity contribution is -0.742. The Morgan fingerprint density at radius 2 is 1.87 bits per heavy atom. The van der Waals surface area contributed by atoms with E-state index in [0.29, 0.717) is 39.6 Å². The minimum atomic E-state index is -1.50. The first-order valence-electron chi connectivity index (χ1n) is 9.14. The molecule has 1 heterocycles. The van der Waals surface area contributed by atoms with Gasteiger partial charge in [-0.15, -0.1) is 10.1 Å². The molecule has 1 aromatic heterocycles. The Morgan fingerprint density at radius 1 is 1.19 bits per heavy atom. The smallest absolute Gasteiger partial charge is 0.291 e. The van der Waals surface area contributed by atoms with Crippen LogP contribution in [0, 0.1) is 10.1 Å². The average Bonchev–Trinajstić information content (AvgIpc) is 3.26. The molecule has 0 aliphatic heterocycles. The van der Waals surface area contributed by atoms with Crippen molar-refractivity contribution in [3.05, 3.63) is 85.9 Å². The molecule has 8 nitrogen and oxygen atoms in total. The summed E-state index contributed by atoms with van der Waals surface area (Å²) in [6.07, 6.45) is 6.59. The van der Waals surface area contributed by atoms with Crippen LogP contribution < -0.4 is 4.74 Å². The van der Waals surface area contributed by atoms with E-state index in [1.54, 1.807) is 42.9 Å². The summed E-state index contributed by atoms with van der Waals surface area (Å²) in [6.45, 7) is 2.71. The van der Waals surface area contributed by atoms with Crippen LogP contribution in [0.15, 0.2) is 55.1 Å². The second kappa shape index (κ2) is 12.4. The third-order valence-electron chi connectivity index (χ3n) is 3.93. The monoisotopic (exact) mass is 487 g/mol. The van der Waals surface area contributed by atoms with Gasteiger partial charge in [-0.3, -0.25) is 0 Å². The van der Waals surface area contributed by atoms with Crippen LogP contribution in [-0.2, 0) is 11.2 Å². The molecule has 31 heavy (non-hydrogen) atoms. The lowest BCUT2D eigenvalue weighted by atomic mass is 10.1. The summed E-state index contributed by atoms with van der Waals surface area (Å²) in [6, 6.07) is 10.7. The van der Waals surface area contributed by atoms with E-state index >= 15 is 0 Å². The van der Waals surface area contributed by atoms with Crippen molar-refractivity contribution in [1.82, 2.24) is 9.55 Å². The van der Waals surface area contributed by atoms with Crippen molar-refractivity contribution in [2.45, 2.75) is 26.0 Å². The molecule has 166 valence electrons. The number of ether oxygens (including phenoxy) is 2. The van der Waals surface area contributed by atoms with Crippen molar-refractivity contribution in [1.29, 1.82) is 0 Å². The maximum atomic E-state index is 8.36. The minimum absolute atomic E-state index is 0.213. The Balaban J connectivity index is 0.000000785. The lowest BCUT2D eigenvalue weighted by Gasteiger charge is -2.21. The van der Waals surface area contributed by atoms with E-state index in [4.69, 9.17) is 59.6 Å². The normalized spacial score (nSPS) is 11.4. The fraction of sp³-hybridized carbons (Fsp3) is 0.250. The van der Waals surface area contributed by atoms with Crippen LogP contribution >= 0.6 is 34.8 Å². The van der Waals surface area contributed by atoms with E-state index in [1.165, 1.54) is 0 Å². The topological polar surface area (TPSA) is 99.7 Å². The number of halogens is 3. The van der Waals surface area contributed by atoms with E-state index in [0.717, 1.165) is 12.0 Å². The molecular formula is C20H20Cl3N3O5. The van der Waals surface area contributed by atoms with Crippen LogP contribution in [0.25, 0.3) is 0 Å². The van der Waals surface area contributed by atoms with Gasteiger partial charge in [0.25, 0.3) is 5.09 Å². The van der Waals surface area contributed by atoms with Crippen molar-refractivity contribution in [2.75, 3.05) is 6.61 Å². The van der Waals surface area contributed by atoms with Gasteiger partial charge in [-0.2, -0.15) is 0 Å². The third-order valence-corrected chi connectivity index (χ3v) is 4.89. The SMILES string of the molecule is CCCOC(Cc1ccc(Cl)c(Oc2ccc(Cl)cc2)c1Cl)n1ccnc1.O=[N+]([O-])O. The Labute approximate surface area is 194 Å². The Morgan fingerprint density at radius 3 is 2.45 bits per heavy atom. The molecule has 0 saturated heterocycles. The number of benzene rings is 2. The summed E-state index contributed by atoms with van der Waals surface area (Å²) in [7, 11) is 0. The highest BCUT2D eigenvalue weighted by molar-refractivity contribution is 6.37. The molecule has 3 rings (SSSR count). The fourth-order valence-electron chi connectivity index (χ4n) is 2.58. The summed E-state index contributed by atoms with van der Waals surface area (Å²) < 4.78 is 13.8. The van der Waals surface area contributed by atoms with Gasteiger partial charge in [0.2, 0.25) is 0 Å². The van der Waals surface area contributed by atoms with Gasteiger partial charge in [-0.1, -0.05) is 47.8 Å². The Bertz CT molecular complexity index is 965. The highest BCUT2D eigenvalue weighted by atomic mass is 35.5. The van der Waals surface area contributed by atoms with Gasteiger partial charge in [0.05, 0.1) is 16.4 Å². The fourth-order valence-corrected chi connectivity index (χ4v) is 3.23. The van der Waals surface area contributed by atoms with Crippen molar-refractivity contribution in [3.8, 4) is 11.5 Å². The van der Waals surface area contributed by atoms with Gasteiger partial charge in [0.1, 0.15) is 12.0 Å². The second-order valence-corrected chi connectivity index (χ2v) is 7.40. The molecule has 0 bridgehead atoms. The molecule has 1 atom stereocenters. The van der Waals surface area contributed by atoms with Crippen LogP contribution in [-0.4, -0.2) is 26.5 Å². The number of hydrogen-bond donors (Lipinski definition) is 1. The minimum Gasteiger partial charge on any atom is -0.454 e. The average molecular weight is 489 g/mol. The molecule has 1 unspecified atom stereocenters. The molecule has 3 aromatic rings. The van der Waals surface area contributed by atoms with E-state index < -0.39 is 5.09 Å². The van der Waals surface area contributed by atoms with Crippen LogP contribution in [0.5, 0.6) is 11.5 Å². The van der Waals surface area contributed by atoms with Gasteiger partial charge in [0, 0.05) is 30.4 Å². The van der Waals surface area contributed by atoms with Crippen molar-refractivity contribution in [2.24, 2.45) is 0 Å². The zero-order valence-electron chi connectivity index (χ0n) is 16.5. The molecule has 0 spiro atoms. The van der Waals surface area contributed by atoms with Crippen LogP contribution in [0.4, 0.5) is 0 Å². The molecule has 0 aliphatic rings. The highest BCUT2D eigenvalue weighted by Gasteiger charge is 2.18. The number of rotatable bonds is 8. The van der Waals surface area contributed by atoms with E-state index in [-0.39, 0.29) is 6.23 Å². The maximum Gasteiger partial charge on any atom is 0.291 e. The van der Waals surface area contributed by atoms with E-state index in [9.17, 15) is 0 Å². The maximum absolute atomic E-state index is 8.36. The van der Waals surface area contributed by atoms with Crippen LogP contribution in [0.3, 0.4) is 0 Å². The van der Waals surface area contributed by atoms with E-state index in [2.05, 4.69) is 11.9 Å². The van der Waals surface area contributed by atoms with Gasteiger partial charge in [-0.25, -0.2) is 4.98 Å². The van der Waals surface area contributed by atoms with Crippen molar-refractivity contribution in [3.63, 3.8) is 0 Å². The number of nitrogens with zero attached hydrogens (tertiary/aromatic N) is 3. The first-order chi connectivity index (χ1) is 14.8. The molecule has 0 amide bonds. The molecule has 0 radical (unpaired) electrons. The molecule has 0 fully saturated rings. The Hall–Kier alpha value is -2.52. The van der Waals surface area contributed by atoms with Crippen molar-refractivity contribution < 1.29 is 19.8 Å². The first kappa shape index (κ1) is 24.7.